The van der Waals surface area contributed by atoms with Gasteiger partial charge in [-0.1, -0.05) is 38.1 Å². The average molecular weight is 1200 g/mol. The number of H-pyrrole nitrogens is 1. The second-order valence-electron chi connectivity index (χ2n) is 26.8. The summed E-state index contributed by atoms with van der Waals surface area (Å²) in [6, 6.07) is 21.1. The summed E-state index contributed by atoms with van der Waals surface area (Å²) < 4.78 is 62.0. The fourth-order valence-electron chi connectivity index (χ4n) is 15.9. The number of amides is 1. The summed E-state index contributed by atoms with van der Waals surface area (Å²) >= 11 is 0. The minimum Gasteiger partial charge on any atom is -0.491 e. The van der Waals surface area contributed by atoms with Gasteiger partial charge in [-0.15, -0.1) is 0 Å². The fourth-order valence-corrected chi connectivity index (χ4v) is 16.9. The summed E-state index contributed by atoms with van der Waals surface area (Å²) in [5, 5.41) is 16.8. The maximum Gasteiger partial charge on any atom is 0.297 e. The summed E-state index contributed by atoms with van der Waals surface area (Å²) in [7, 11) is -4.72. The van der Waals surface area contributed by atoms with Crippen LogP contribution in [0.15, 0.2) is 84.0 Å². The Labute approximate surface area is 507 Å². The van der Waals surface area contributed by atoms with Crippen LogP contribution in [0.1, 0.15) is 141 Å². The van der Waals surface area contributed by atoms with E-state index >= 15 is 0 Å². The first-order valence-electron chi connectivity index (χ1n) is 31.6. The number of aryl methyl sites for hydroxylation is 1. The van der Waals surface area contributed by atoms with Gasteiger partial charge in [0.05, 0.1) is 52.1 Å². The van der Waals surface area contributed by atoms with E-state index in [1.54, 1.807) is 6.07 Å². The van der Waals surface area contributed by atoms with Crippen molar-refractivity contribution in [1.29, 1.82) is 0 Å². The molecular weight excluding hydrogens is 1120 g/mol. The van der Waals surface area contributed by atoms with Crippen LogP contribution in [0.3, 0.4) is 0 Å². The van der Waals surface area contributed by atoms with Gasteiger partial charge >= 0.3 is 0 Å². The predicted molar refractivity (Wildman–Crippen MR) is 329 cm³/mol. The van der Waals surface area contributed by atoms with Gasteiger partial charge in [-0.3, -0.25) is 29.7 Å². The lowest BCUT2D eigenvalue weighted by Crippen LogP contribution is -2.60. The quantitative estimate of drug-likeness (QED) is 0.0766. The molecule has 3 N–H and O–H groups in total. The lowest BCUT2D eigenvalue weighted by Gasteiger charge is -2.58. The van der Waals surface area contributed by atoms with Crippen LogP contribution >= 0.6 is 0 Å². The van der Waals surface area contributed by atoms with Crippen LogP contribution in [0.2, 0.25) is 0 Å². The maximum absolute atomic E-state index is 15.0. The Balaban J connectivity index is 0.694. The zero-order valence-electron chi connectivity index (χ0n) is 50.1. The van der Waals surface area contributed by atoms with Gasteiger partial charge in [0.15, 0.2) is 11.4 Å². The molecule has 1 amide bonds. The van der Waals surface area contributed by atoms with E-state index in [1.165, 1.54) is 41.2 Å². The predicted octanol–water partition coefficient (Wildman–Crippen LogP) is 10.4. The van der Waals surface area contributed by atoms with Crippen molar-refractivity contribution in [2.24, 2.45) is 11.3 Å². The number of aromatic nitrogens is 3. The molecule has 3 aromatic heterocycles. The molecule has 458 valence electrons. The van der Waals surface area contributed by atoms with Gasteiger partial charge in [0.2, 0.25) is 5.88 Å². The van der Waals surface area contributed by atoms with Gasteiger partial charge in [0, 0.05) is 118 Å². The first kappa shape index (κ1) is 56.5. The third-order valence-electron chi connectivity index (χ3n) is 21.2. The number of rotatable bonds is 12. The van der Waals surface area contributed by atoms with Crippen LogP contribution in [0.4, 0.5) is 28.4 Å². The summed E-state index contributed by atoms with van der Waals surface area (Å²) in [5.41, 5.74) is 9.22. The highest BCUT2D eigenvalue weighted by molar-refractivity contribution is 7.90. The Bertz CT molecular complexity index is 3790. The zero-order chi connectivity index (χ0) is 59.5. The highest BCUT2D eigenvalue weighted by Gasteiger charge is 2.51. The van der Waals surface area contributed by atoms with Gasteiger partial charge < -0.3 is 43.8 Å². The van der Waals surface area contributed by atoms with Crippen molar-refractivity contribution in [3.8, 4) is 17.4 Å². The second-order valence-corrected chi connectivity index (χ2v) is 28.5. The van der Waals surface area contributed by atoms with Crippen molar-refractivity contribution in [2.75, 3.05) is 87.5 Å². The summed E-state index contributed by atoms with van der Waals surface area (Å²) in [6.07, 6.45) is 13.3. The van der Waals surface area contributed by atoms with Crippen LogP contribution in [-0.4, -0.2) is 141 Å². The monoisotopic (exact) mass is 1200 g/mol. The van der Waals surface area contributed by atoms with E-state index < -0.39 is 37.5 Å². The number of hydrogen-bond donors (Lipinski definition) is 3. The van der Waals surface area contributed by atoms with E-state index in [0.717, 1.165) is 113 Å². The van der Waals surface area contributed by atoms with Crippen molar-refractivity contribution in [3.63, 3.8) is 0 Å². The average Bonchev–Trinajstić information content (AvgIpc) is 2.15. The number of piperazine rings is 1. The molecule has 6 fully saturated rings. The van der Waals surface area contributed by atoms with E-state index in [2.05, 4.69) is 92.8 Å². The molecular formula is C66H78N10O10S. The Morgan fingerprint density at radius 1 is 0.885 bits per heavy atom. The van der Waals surface area contributed by atoms with Crippen molar-refractivity contribution in [1.82, 2.24) is 29.5 Å². The largest absolute Gasteiger partial charge is 0.491 e. The van der Waals surface area contributed by atoms with Gasteiger partial charge in [-0.2, -0.15) is 4.98 Å². The standard InChI is InChI=1S/C66H78N10O10S/c1-39-7-5-6-8-47(39)55-36-73(40(2)49-35-68-59(42-9-10-42)61-58(49)65(3,4)19-28-84-61)23-24-74(55)45-33-66(34-45)17-21-72(22-18-66)44-11-12-48(52(30-44)75-51-16-27-83-38-57(51)86-64-54(75)29-43-13-20-67-62(43)70-64)63(77)71-87(80,81)46-31-53(76(78)79)60-56(32-46)85-37-50(69-60)41-14-25-82-26-15-41/h5-8,11-13,20,29-32,35,40-42,45,50-51,55,57,69H,9-10,14-19,21-28,33-34,36-38H2,1-4H3,(H,67,70)(H,71,77)/t40-,50-,51-,55-,57-/m0/s1. The van der Waals surface area contributed by atoms with E-state index in [9.17, 15) is 23.3 Å². The lowest BCUT2D eigenvalue weighted by atomic mass is 9.59. The Kier molecular flexibility index (Phi) is 14.2. The molecule has 2 aliphatic carbocycles. The Morgan fingerprint density at radius 3 is 2.48 bits per heavy atom. The van der Waals surface area contributed by atoms with E-state index in [0.29, 0.717) is 67.7 Å². The van der Waals surface area contributed by atoms with Crippen LogP contribution < -0.4 is 34.0 Å². The van der Waals surface area contributed by atoms with Crippen molar-refractivity contribution in [2.45, 2.75) is 144 Å². The number of sulfonamides is 1. The number of anilines is 4. The third-order valence-corrected chi connectivity index (χ3v) is 22.5. The third kappa shape index (κ3) is 10.2. The molecule has 5 atom stereocenters. The van der Waals surface area contributed by atoms with Crippen molar-refractivity contribution < 1.29 is 41.8 Å². The molecule has 7 aliphatic heterocycles. The van der Waals surface area contributed by atoms with Crippen LogP contribution in [0.5, 0.6) is 17.4 Å². The molecule has 0 bridgehead atoms. The molecule has 6 aromatic rings. The number of piperidine rings is 1. The minimum absolute atomic E-state index is 0.00600. The first-order chi connectivity index (χ1) is 42.1. The molecule has 15 rings (SSSR count). The summed E-state index contributed by atoms with van der Waals surface area (Å²) in [4.78, 5) is 49.8. The van der Waals surface area contributed by atoms with Gasteiger partial charge in [0.1, 0.15) is 29.8 Å². The number of fused-ring (bicyclic) bond motifs is 5. The van der Waals surface area contributed by atoms with Gasteiger partial charge in [-0.25, -0.2) is 13.1 Å². The molecule has 0 radical (unpaired) electrons. The number of nitro groups is 1. The normalized spacial score (nSPS) is 25.1. The van der Waals surface area contributed by atoms with Crippen LogP contribution in [0.25, 0.3) is 11.0 Å². The number of ether oxygens (including phenoxy) is 5. The number of nitrogens with one attached hydrogen (secondary N) is 3. The Morgan fingerprint density at radius 2 is 1.69 bits per heavy atom. The molecule has 2 saturated carbocycles. The molecule has 4 saturated heterocycles. The van der Waals surface area contributed by atoms with E-state index in [1.807, 2.05) is 30.5 Å². The summed E-state index contributed by atoms with van der Waals surface area (Å²) in [6.45, 7) is 16.8. The summed E-state index contributed by atoms with van der Waals surface area (Å²) in [5.74, 6) is 1.25. The lowest BCUT2D eigenvalue weighted by molar-refractivity contribution is -0.384. The first-order valence-corrected chi connectivity index (χ1v) is 33.1. The van der Waals surface area contributed by atoms with Crippen LogP contribution in [0, 0.1) is 28.4 Å². The topological polar surface area (TPSA) is 219 Å². The van der Waals surface area contributed by atoms with Crippen LogP contribution in [-0.2, 0) is 24.9 Å². The number of aromatic amines is 1. The number of hydrogen-bond acceptors (Lipinski definition) is 17. The fraction of sp³-hybridized carbons (Fsp3) is 0.530. The number of carbonyl (C=O) groups excluding carboxylic acids is 1. The SMILES string of the molecule is Cc1ccccc1[C@@H]1CN([C@@H](C)c2cnc(C3CC3)c3c2C(C)(C)CCO3)CCN1C1CC2(CCN(c3ccc(C(=O)NS(=O)(=O)c4cc5c(c([N+](=O)[O-])c4)N[C@H](C4CCOCC4)CO5)c(N4c5cc6cc[nH]c6nc5O[C@H]5COCC[C@@H]54)c3)CC2)C1. The molecule has 21 heteroatoms. The highest BCUT2D eigenvalue weighted by atomic mass is 32.2. The number of nitro benzene ring substituents is 1. The number of benzene rings is 3. The molecule has 0 unspecified atom stereocenters. The van der Waals surface area contributed by atoms with Crippen molar-refractivity contribution in [3.05, 3.63) is 123 Å². The smallest absolute Gasteiger partial charge is 0.297 e. The molecule has 1 spiro atoms. The Hall–Kier alpha value is -7.04. The number of nitrogens with zero attached hydrogens (tertiary/aromatic N) is 7. The van der Waals surface area contributed by atoms with E-state index in [4.69, 9.17) is 33.7 Å². The molecule has 10 heterocycles. The maximum atomic E-state index is 15.0. The number of carbonyl (C=O) groups is 1. The second kappa shape index (κ2) is 21.9. The zero-order valence-corrected chi connectivity index (χ0v) is 50.9. The molecule has 3 aromatic carbocycles. The molecule has 9 aliphatic rings. The van der Waals surface area contributed by atoms with E-state index in [-0.39, 0.29) is 64.5 Å². The van der Waals surface area contributed by atoms with Gasteiger partial charge in [-0.05, 0) is 142 Å². The minimum atomic E-state index is -4.72. The molecule has 20 nitrogen and oxygen atoms in total. The number of pyridine rings is 2. The molecule has 87 heavy (non-hydrogen) atoms. The van der Waals surface area contributed by atoms with Crippen molar-refractivity contribution >= 4 is 55.4 Å². The highest BCUT2D eigenvalue weighted by Crippen LogP contribution is 2.56. The van der Waals surface area contributed by atoms with Gasteiger partial charge in [0.25, 0.3) is 21.6 Å².